The number of carboxylic acid groups (broad SMARTS) is 1. The van der Waals surface area contributed by atoms with Gasteiger partial charge in [0, 0.05) is 12.5 Å². The van der Waals surface area contributed by atoms with Gasteiger partial charge in [-0.15, -0.1) is 0 Å². The van der Waals surface area contributed by atoms with Crippen molar-refractivity contribution < 1.29 is 24.5 Å². The van der Waals surface area contributed by atoms with Crippen LogP contribution in [0.5, 0.6) is 0 Å². The second-order valence-corrected chi connectivity index (χ2v) is 5.66. The number of carbonyl (C=O) groups is 2. The number of carbonyl (C=O) groups excluding carboxylic acids is 1. The molecule has 5 heteroatoms. The van der Waals surface area contributed by atoms with Crippen LogP contribution in [0.25, 0.3) is 0 Å². The number of aliphatic carboxylic acids is 1. The molecule has 1 atom stereocenters. The van der Waals surface area contributed by atoms with Crippen molar-refractivity contribution in [2.75, 3.05) is 6.61 Å². The van der Waals surface area contributed by atoms with Gasteiger partial charge in [0.2, 0.25) is 0 Å². The van der Waals surface area contributed by atoms with Crippen LogP contribution in [0.4, 0.5) is 0 Å². The van der Waals surface area contributed by atoms with E-state index >= 15 is 0 Å². The Hall–Kier alpha value is -1.36. The highest BCUT2D eigenvalue weighted by molar-refractivity contribution is 5.81. The molecule has 0 saturated carbocycles. The van der Waals surface area contributed by atoms with E-state index in [2.05, 4.69) is 18.2 Å². The lowest BCUT2D eigenvalue weighted by molar-refractivity contribution is -0.140. The van der Waals surface area contributed by atoms with Crippen molar-refractivity contribution in [3.63, 3.8) is 0 Å². The number of aliphatic hydroxyl groups is 1. The zero-order valence-electron chi connectivity index (χ0n) is 14.8. The second-order valence-electron chi connectivity index (χ2n) is 5.66. The SMILES string of the molecule is C=CC(=O)OCC(C)O.CCCCCCCCCCCC(=O)O. The topological polar surface area (TPSA) is 83.8 Å². The maximum Gasteiger partial charge on any atom is 0.330 e. The van der Waals surface area contributed by atoms with E-state index in [0.717, 1.165) is 18.9 Å². The van der Waals surface area contributed by atoms with Crippen LogP contribution in [0.1, 0.15) is 78.1 Å². The fourth-order valence-electron chi connectivity index (χ4n) is 1.85. The molecule has 136 valence electrons. The van der Waals surface area contributed by atoms with Crippen molar-refractivity contribution >= 4 is 11.9 Å². The fourth-order valence-corrected chi connectivity index (χ4v) is 1.85. The molecule has 0 aromatic heterocycles. The largest absolute Gasteiger partial charge is 0.481 e. The van der Waals surface area contributed by atoms with Crippen molar-refractivity contribution in [2.24, 2.45) is 0 Å². The number of unbranched alkanes of at least 4 members (excludes halogenated alkanes) is 8. The Morgan fingerprint density at radius 3 is 1.91 bits per heavy atom. The van der Waals surface area contributed by atoms with Gasteiger partial charge in [0.05, 0.1) is 6.10 Å². The van der Waals surface area contributed by atoms with Gasteiger partial charge in [-0.2, -0.15) is 0 Å². The molecule has 2 N–H and O–H groups in total. The lowest BCUT2D eigenvalue weighted by atomic mass is 10.1. The molecule has 0 aliphatic heterocycles. The van der Waals surface area contributed by atoms with Gasteiger partial charge in [-0.25, -0.2) is 4.79 Å². The minimum atomic E-state index is -0.659. The van der Waals surface area contributed by atoms with Crippen LogP contribution >= 0.6 is 0 Å². The Bertz CT molecular complexity index is 300. The molecule has 0 fully saturated rings. The first-order valence-electron chi connectivity index (χ1n) is 8.63. The average molecular weight is 330 g/mol. The molecule has 0 aliphatic rings. The van der Waals surface area contributed by atoms with E-state index in [4.69, 9.17) is 10.2 Å². The van der Waals surface area contributed by atoms with Gasteiger partial charge >= 0.3 is 11.9 Å². The third-order valence-electron chi connectivity index (χ3n) is 3.13. The number of hydrogen-bond donors (Lipinski definition) is 2. The molecular weight excluding hydrogens is 296 g/mol. The zero-order chi connectivity index (χ0) is 17.9. The fraction of sp³-hybridized carbons (Fsp3) is 0.778. The average Bonchev–Trinajstić information content (AvgIpc) is 2.51. The summed E-state index contributed by atoms with van der Waals surface area (Å²) in [6.45, 7) is 6.98. The number of esters is 1. The van der Waals surface area contributed by atoms with Crippen molar-refractivity contribution in [3.05, 3.63) is 12.7 Å². The first kappa shape index (κ1) is 23.9. The Morgan fingerprint density at radius 1 is 1.04 bits per heavy atom. The Labute approximate surface area is 140 Å². The van der Waals surface area contributed by atoms with Gasteiger partial charge in [-0.3, -0.25) is 4.79 Å². The van der Waals surface area contributed by atoms with Crippen molar-refractivity contribution in [1.82, 2.24) is 0 Å². The van der Waals surface area contributed by atoms with Crippen LogP contribution in [-0.2, 0) is 14.3 Å². The number of rotatable bonds is 13. The molecule has 23 heavy (non-hydrogen) atoms. The number of ether oxygens (including phenoxy) is 1. The molecule has 0 bridgehead atoms. The molecule has 0 spiro atoms. The van der Waals surface area contributed by atoms with Crippen LogP contribution in [-0.4, -0.2) is 34.9 Å². The van der Waals surface area contributed by atoms with Crippen LogP contribution in [0.3, 0.4) is 0 Å². The minimum Gasteiger partial charge on any atom is -0.481 e. The summed E-state index contributed by atoms with van der Waals surface area (Å²) in [6.07, 6.45) is 11.9. The van der Waals surface area contributed by atoms with E-state index < -0.39 is 18.0 Å². The number of aliphatic hydroxyl groups excluding tert-OH is 1. The summed E-state index contributed by atoms with van der Waals surface area (Å²) in [6, 6.07) is 0. The molecule has 0 radical (unpaired) electrons. The number of hydrogen-bond acceptors (Lipinski definition) is 4. The van der Waals surface area contributed by atoms with E-state index in [9.17, 15) is 9.59 Å². The minimum absolute atomic E-state index is 0.0326. The van der Waals surface area contributed by atoms with Crippen molar-refractivity contribution in [1.29, 1.82) is 0 Å². The van der Waals surface area contributed by atoms with Crippen LogP contribution < -0.4 is 0 Å². The first-order chi connectivity index (χ1) is 10.9. The van der Waals surface area contributed by atoms with Crippen molar-refractivity contribution in [3.8, 4) is 0 Å². The van der Waals surface area contributed by atoms with E-state index in [0.29, 0.717) is 6.42 Å². The molecule has 0 heterocycles. The third kappa shape index (κ3) is 25.9. The van der Waals surface area contributed by atoms with Crippen LogP contribution in [0.2, 0.25) is 0 Å². The summed E-state index contributed by atoms with van der Waals surface area (Å²) >= 11 is 0. The molecule has 0 saturated heterocycles. The maximum atomic E-state index is 10.3. The third-order valence-corrected chi connectivity index (χ3v) is 3.13. The van der Waals surface area contributed by atoms with E-state index in [1.807, 2.05) is 0 Å². The van der Waals surface area contributed by atoms with Crippen LogP contribution in [0, 0.1) is 0 Å². The molecule has 0 aromatic rings. The summed E-state index contributed by atoms with van der Waals surface area (Å²) < 4.78 is 4.45. The predicted molar refractivity (Wildman–Crippen MR) is 92.3 cm³/mol. The quantitative estimate of drug-likeness (QED) is 0.302. The molecule has 5 nitrogen and oxygen atoms in total. The Kier molecular flexibility index (Phi) is 19.4. The summed E-state index contributed by atoms with van der Waals surface area (Å²) in [5, 5.41) is 17.0. The monoisotopic (exact) mass is 330 g/mol. The highest BCUT2D eigenvalue weighted by atomic mass is 16.5. The summed E-state index contributed by atoms with van der Waals surface area (Å²) in [5.41, 5.74) is 0. The smallest absolute Gasteiger partial charge is 0.330 e. The normalized spacial score (nSPS) is 11.1. The summed E-state index contributed by atoms with van der Waals surface area (Å²) in [5.74, 6) is -1.16. The standard InChI is InChI=1S/C12H24O2.C6H10O3/c1-2-3-4-5-6-7-8-9-10-11-12(13)14;1-3-6(8)9-4-5(2)7/h2-11H2,1H3,(H,13,14);3,5,7H,1,4H2,2H3. The Morgan fingerprint density at radius 2 is 1.52 bits per heavy atom. The van der Waals surface area contributed by atoms with Gasteiger partial charge < -0.3 is 14.9 Å². The first-order valence-corrected chi connectivity index (χ1v) is 8.63. The lowest BCUT2D eigenvalue weighted by Crippen LogP contribution is -2.13. The van der Waals surface area contributed by atoms with Crippen LogP contribution in [0.15, 0.2) is 12.7 Å². The van der Waals surface area contributed by atoms with Gasteiger partial charge in [0.25, 0.3) is 0 Å². The molecule has 0 amide bonds. The van der Waals surface area contributed by atoms with E-state index in [1.165, 1.54) is 51.9 Å². The summed E-state index contributed by atoms with van der Waals surface area (Å²) in [4.78, 5) is 20.5. The lowest BCUT2D eigenvalue weighted by Gasteiger charge is -2.02. The Balaban J connectivity index is 0. The van der Waals surface area contributed by atoms with Crippen molar-refractivity contribution in [2.45, 2.75) is 84.2 Å². The maximum absolute atomic E-state index is 10.3. The van der Waals surface area contributed by atoms with E-state index in [-0.39, 0.29) is 6.61 Å². The highest BCUT2D eigenvalue weighted by Crippen LogP contribution is 2.10. The molecule has 0 aromatic carbocycles. The van der Waals surface area contributed by atoms with Gasteiger partial charge in [0.15, 0.2) is 0 Å². The van der Waals surface area contributed by atoms with Gasteiger partial charge in [-0.05, 0) is 13.3 Å². The molecule has 1 unspecified atom stereocenters. The van der Waals surface area contributed by atoms with Gasteiger partial charge in [-0.1, -0.05) is 64.9 Å². The molecular formula is C18H34O5. The predicted octanol–water partition coefficient (Wildman–Crippen LogP) is 4.09. The van der Waals surface area contributed by atoms with E-state index in [1.54, 1.807) is 0 Å². The molecule has 0 rings (SSSR count). The summed E-state index contributed by atoms with van der Waals surface area (Å²) in [7, 11) is 0. The number of carboxylic acids is 1. The van der Waals surface area contributed by atoms with Gasteiger partial charge in [0.1, 0.15) is 6.61 Å². The zero-order valence-corrected chi connectivity index (χ0v) is 14.8. The second kappa shape index (κ2) is 18.7. The molecule has 0 aliphatic carbocycles. The highest BCUT2D eigenvalue weighted by Gasteiger charge is 1.98.